The van der Waals surface area contributed by atoms with Crippen LogP contribution in [-0.4, -0.2) is 21.4 Å². The Kier molecular flexibility index (Phi) is 4.85. The van der Waals surface area contributed by atoms with E-state index in [-0.39, 0.29) is 11.5 Å². The van der Waals surface area contributed by atoms with E-state index >= 15 is 0 Å². The number of aryl methyl sites for hydroxylation is 1. The number of carbonyl (C=O) groups excluding carboxylic acids is 2. The molecule has 1 aromatic heterocycles. The van der Waals surface area contributed by atoms with Crippen molar-refractivity contribution < 1.29 is 9.59 Å². The van der Waals surface area contributed by atoms with E-state index in [0.717, 1.165) is 0 Å². The van der Waals surface area contributed by atoms with Gasteiger partial charge in [0.1, 0.15) is 5.82 Å². The average molecular weight is 398 g/mol. The molecule has 1 heterocycles. The first-order valence-corrected chi connectivity index (χ1v) is 9.24. The van der Waals surface area contributed by atoms with Crippen LogP contribution >= 0.6 is 0 Å². The number of nitrogens with zero attached hydrogens (tertiary/aromatic N) is 2. The van der Waals surface area contributed by atoms with Gasteiger partial charge in [-0.25, -0.2) is 4.98 Å². The van der Waals surface area contributed by atoms with Crippen LogP contribution in [0.4, 0.5) is 5.69 Å². The van der Waals surface area contributed by atoms with Crippen molar-refractivity contribution in [2.45, 2.75) is 6.92 Å². The van der Waals surface area contributed by atoms with E-state index in [1.54, 1.807) is 73.7 Å². The minimum atomic E-state index is -0.530. The van der Waals surface area contributed by atoms with Crippen LogP contribution in [0, 0.1) is 6.92 Å². The van der Waals surface area contributed by atoms with Gasteiger partial charge in [0.25, 0.3) is 11.5 Å². The predicted octanol–water partition coefficient (Wildman–Crippen LogP) is 3.05. The molecule has 0 bridgehead atoms. The first kappa shape index (κ1) is 19.1. The zero-order chi connectivity index (χ0) is 21.3. The summed E-state index contributed by atoms with van der Waals surface area (Å²) < 4.78 is 1.52. The number of anilines is 1. The van der Waals surface area contributed by atoms with Crippen LogP contribution in [0.2, 0.25) is 0 Å². The second-order valence-electron chi connectivity index (χ2n) is 6.76. The van der Waals surface area contributed by atoms with Gasteiger partial charge in [0, 0.05) is 16.8 Å². The smallest absolute Gasteiger partial charge is 0.265 e. The normalized spacial score (nSPS) is 10.7. The zero-order valence-electron chi connectivity index (χ0n) is 16.1. The number of nitrogens with two attached hydrogens (primary N) is 1. The van der Waals surface area contributed by atoms with Crippen LogP contribution in [0.15, 0.2) is 77.6 Å². The minimum absolute atomic E-state index is 0.162. The quantitative estimate of drug-likeness (QED) is 0.551. The molecule has 0 aliphatic carbocycles. The SMILES string of the molecule is Cc1nc2ccccc2c(=O)n1-c1ccc(C(=O)Nc2ccc(C(N)=O)cc2)cc1. The number of hydrogen-bond donors (Lipinski definition) is 2. The Hall–Kier alpha value is -4.26. The van der Waals surface area contributed by atoms with Crippen LogP contribution in [0.5, 0.6) is 0 Å². The molecule has 7 nitrogen and oxygen atoms in total. The lowest BCUT2D eigenvalue weighted by Crippen LogP contribution is -2.22. The Morgan fingerprint density at radius 3 is 2.20 bits per heavy atom. The molecule has 0 fully saturated rings. The number of carbonyl (C=O) groups is 2. The highest BCUT2D eigenvalue weighted by atomic mass is 16.2. The fourth-order valence-corrected chi connectivity index (χ4v) is 3.23. The number of para-hydroxylation sites is 1. The number of benzene rings is 3. The summed E-state index contributed by atoms with van der Waals surface area (Å²) in [7, 11) is 0. The standard InChI is InChI=1S/C23H18N4O3/c1-14-25-20-5-3-2-4-19(20)23(30)27(14)18-12-8-16(9-13-18)22(29)26-17-10-6-15(7-11-17)21(24)28/h2-13H,1H3,(H2,24,28)(H,26,29). The Labute approximate surface area is 171 Å². The summed E-state index contributed by atoms with van der Waals surface area (Å²) in [4.78, 5) is 41.0. The van der Waals surface area contributed by atoms with Crippen molar-refractivity contribution in [3.05, 3.63) is 100 Å². The lowest BCUT2D eigenvalue weighted by atomic mass is 10.1. The molecular formula is C23H18N4O3. The molecule has 0 saturated heterocycles. The summed E-state index contributed by atoms with van der Waals surface area (Å²) in [5.74, 6) is -0.281. The van der Waals surface area contributed by atoms with Gasteiger partial charge in [-0.2, -0.15) is 0 Å². The molecule has 0 aliphatic rings. The van der Waals surface area contributed by atoms with Crippen molar-refractivity contribution in [3.8, 4) is 5.69 Å². The Morgan fingerprint density at radius 2 is 1.53 bits per heavy atom. The number of primary amides is 1. The highest BCUT2D eigenvalue weighted by Gasteiger charge is 2.11. The van der Waals surface area contributed by atoms with Crippen molar-refractivity contribution in [1.82, 2.24) is 9.55 Å². The van der Waals surface area contributed by atoms with Gasteiger partial charge < -0.3 is 11.1 Å². The van der Waals surface area contributed by atoms with E-state index in [0.29, 0.717) is 39.2 Å². The second kappa shape index (κ2) is 7.63. The minimum Gasteiger partial charge on any atom is -0.366 e. The van der Waals surface area contributed by atoms with E-state index < -0.39 is 5.91 Å². The molecule has 148 valence electrons. The summed E-state index contributed by atoms with van der Waals surface area (Å²) in [5.41, 5.74) is 7.66. The molecule has 0 atom stereocenters. The van der Waals surface area contributed by atoms with Crippen molar-refractivity contribution in [3.63, 3.8) is 0 Å². The summed E-state index contributed by atoms with van der Waals surface area (Å²) >= 11 is 0. The number of amides is 2. The lowest BCUT2D eigenvalue weighted by molar-refractivity contribution is 0.0998. The lowest BCUT2D eigenvalue weighted by Gasteiger charge is -2.11. The topological polar surface area (TPSA) is 107 Å². The van der Waals surface area contributed by atoms with E-state index in [1.807, 2.05) is 6.07 Å². The van der Waals surface area contributed by atoms with E-state index in [9.17, 15) is 14.4 Å². The third-order valence-electron chi connectivity index (χ3n) is 4.76. The van der Waals surface area contributed by atoms with Crippen molar-refractivity contribution in [2.24, 2.45) is 5.73 Å². The summed E-state index contributed by atoms with van der Waals surface area (Å²) in [6.45, 7) is 1.77. The van der Waals surface area contributed by atoms with Crippen molar-refractivity contribution in [1.29, 1.82) is 0 Å². The molecule has 0 spiro atoms. The van der Waals surface area contributed by atoms with Crippen LogP contribution in [0.3, 0.4) is 0 Å². The molecular weight excluding hydrogens is 380 g/mol. The molecule has 30 heavy (non-hydrogen) atoms. The van der Waals surface area contributed by atoms with Gasteiger partial charge in [-0.3, -0.25) is 19.0 Å². The van der Waals surface area contributed by atoms with Gasteiger partial charge in [0.15, 0.2) is 0 Å². The fourth-order valence-electron chi connectivity index (χ4n) is 3.23. The van der Waals surface area contributed by atoms with E-state index in [1.165, 1.54) is 4.57 Å². The van der Waals surface area contributed by atoms with E-state index in [2.05, 4.69) is 10.3 Å². The van der Waals surface area contributed by atoms with Gasteiger partial charge in [0.05, 0.1) is 16.6 Å². The van der Waals surface area contributed by atoms with Crippen molar-refractivity contribution >= 4 is 28.4 Å². The predicted molar refractivity (Wildman–Crippen MR) is 115 cm³/mol. The number of aromatic nitrogens is 2. The fraction of sp³-hybridized carbons (Fsp3) is 0.0435. The van der Waals surface area contributed by atoms with Gasteiger partial charge in [-0.15, -0.1) is 0 Å². The number of rotatable bonds is 4. The van der Waals surface area contributed by atoms with Crippen LogP contribution in [0.25, 0.3) is 16.6 Å². The third-order valence-corrected chi connectivity index (χ3v) is 4.76. The second-order valence-corrected chi connectivity index (χ2v) is 6.76. The van der Waals surface area contributed by atoms with Crippen LogP contribution in [-0.2, 0) is 0 Å². The van der Waals surface area contributed by atoms with Crippen molar-refractivity contribution in [2.75, 3.05) is 5.32 Å². The van der Waals surface area contributed by atoms with Crippen LogP contribution in [0.1, 0.15) is 26.5 Å². The maximum Gasteiger partial charge on any atom is 0.265 e. The summed E-state index contributed by atoms with van der Waals surface area (Å²) in [6.07, 6.45) is 0. The molecule has 4 aromatic rings. The average Bonchev–Trinajstić information content (AvgIpc) is 2.74. The zero-order valence-corrected chi connectivity index (χ0v) is 16.1. The van der Waals surface area contributed by atoms with Crippen LogP contribution < -0.4 is 16.6 Å². The number of hydrogen-bond acceptors (Lipinski definition) is 4. The molecule has 7 heteroatoms. The molecule has 0 saturated carbocycles. The first-order chi connectivity index (χ1) is 14.4. The van der Waals surface area contributed by atoms with Gasteiger partial charge in [-0.1, -0.05) is 12.1 Å². The largest absolute Gasteiger partial charge is 0.366 e. The maximum absolute atomic E-state index is 12.9. The van der Waals surface area contributed by atoms with E-state index in [4.69, 9.17) is 5.73 Å². The number of fused-ring (bicyclic) bond motifs is 1. The summed E-state index contributed by atoms with van der Waals surface area (Å²) in [6, 6.07) is 20.2. The molecule has 0 aliphatic heterocycles. The molecule has 2 amide bonds. The Balaban J connectivity index is 1.60. The first-order valence-electron chi connectivity index (χ1n) is 9.24. The Morgan fingerprint density at radius 1 is 0.900 bits per heavy atom. The molecule has 3 aromatic carbocycles. The highest BCUT2D eigenvalue weighted by molar-refractivity contribution is 6.04. The third kappa shape index (κ3) is 3.56. The number of nitrogens with one attached hydrogen (secondary N) is 1. The molecule has 0 radical (unpaired) electrons. The Bertz CT molecular complexity index is 1320. The van der Waals surface area contributed by atoms with Gasteiger partial charge >= 0.3 is 0 Å². The monoisotopic (exact) mass is 398 g/mol. The maximum atomic E-state index is 12.9. The molecule has 3 N–H and O–H groups in total. The molecule has 4 rings (SSSR count). The molecule has 0 unspecified atom stereocenters. The van der Waals surface area contributed by atoms with Gasteiger partial charge in [0.2, 0.25) is 5.91 Å². The summed E-state index contributed by atoms with van der Waals surface area (Å²) in [5, 5.41) is 3.29. The van der Waals surface area contributed by atoms with Gasteiger partial charge in [-0.05, 0) is 67.6 Å². The highest BCUT2D eigenvalue weighted by Crippen LogP contribution is 2.15.